The van der Waals surface area contributed by atoms with Gasteiger partial charge in [0.05, 0.1) is 12.3 Å². The number of sulfone groups is 1. The monoisotopic (exact) mass is 527 g/mol. The Morgan fingerprint density at radius 3 is 2.43 bits per heavy atom. The van der Waals surface area contributed by atoms with Crippen LogP contribution in [-0.4, -0.2) is 33.2 Å². The number of hydrogen-bond donors (Lipinski definition) is 2. The van der Waals surface area contributed by atoms with Crippen molar-refractivity contribution in [3.63, 3.8) is 0 Å². The molecule has 2 aromatic carbocycles. The van der Waals surface area contributed by atoms with Crippen LogP contribution in [0.1, 0.15) is 12.5 Å². The summed E-state index contributed by atoms with van der Waals surface area (Å²) in [5.41, 5.74) is 0.0752. The van der Waals surface area contributed by atoms with Gasteiger partial charge in [0.2, 0.25) is 0 Å². The average Bonchev–Trinajstić information content (AvgIpc) is 2.62. The highest BCUT2D eigenvalue weighted by Crippen LogP contribution is 2.15. The van der Waals surface area contributed by atoms with Gasteiger partial charge in [0.1, 0.15) is 22.3 Å². The molecule has 0 heterocycles. The molecule has 10 heteroatoms. The van der Waals surface area contributed by atoms with Gasteiger partial charge in [-0.15, -0.1) is 24.0 Å². The maximum atomic E-state index is 13.7. The molecule has 0 bridgehead atoms. The summed E-state index contributed by atoms with van der Waals surface area (Å²) in [6.45, 7) is 2.13. The quantitative estimate of drug-likeness (QED) is 0.330. The van der Waals surface area contributed by atoms with Crippen LogP contribution < -0.4 is 10.6 Å². The van der Waals surface area contributed by atoms with Crippen molar-refractivity contribution in [3.8, 4) is 0 Å². The SMILES string of the molecule is CCNC(=NCc1cc(F)ccc1F)NCCS(=O)(=O)c1ccccc1F.I. The molecule has 0 saturated carbocycles. The molecule has 2 rings (SSSR count). The van der Waals surface area contributed by atoms with Gasteiger partial charge in [-0.1, -0.05) is 12.1 Å². The highest BCUT2D eigenvalue weighted by atomic mass is 127. The lowest BCUT2D eigenvalue weighted by Crippen LogP contribution is -2.39. The largest absolute Gasteiger partial charge is 0.357 e. The van der Waals surface area contributed by atoms with Crippen LogP contribution in [0.4, 0.5) is 13.2 Å². The smallest absolute Gasteiger partial charge is 0.191 e. The summed E-state index contributed by atoms with van der Waals surface area (Å²) in [7, 11) is -3.81. The van der Waals surface area contributed by atoms with Gasteiger partial charge in [-0.2, -0.15) is 0 Å². The van der Waals surface area contributed by atoms with Gasteiger partial charge in [0.15, 0.2) is 15.8 Å². The van der Waals surface area contributed by atoms with E-state index in [1.165, 1.54) is 18.2 Å². The highest BCUT2D eigenvalue weighted by Gasteiger charge is 2.18. The standard InChI is InChI=1S/C18H20F3N3O2S.HI/c1-2-22-18(24-12-13-11-14(19)7-8-15(13)20)23-9-10-27(25,26)17-6-4-3-5-16(17)21;/h3-8,11H,2,9-10,12H2,1H3,(H2,22,23,24);1H. The third-order valence-electron chi connectivity index (χ3n) is 3.59. The van der Waals surface area contributed by atoms with Crippen LogP contribution >= 0.6 is 24.0 Å². The summed E-state index contributed by atoms with van der Waals surface area (Å²) in [5, 5.41) is 5.67. The van der Waals surface area contributed by atoms with E-state index in [1.807, 2.05) is 0 Å². The first kappa shape index (κ1) is 24.2. The molecule has 0 radical (unpaired) electrons. The Hall–Kier alpha value is -1.82. The van der Waals surface area contributed by atoms with Crippen LogP contribution in [0.25, 0.3) is 0 Å². The summed E-state index contributed by atoms with van der Waals surface area (Å²) in [4.78, 5) is 3.75. The summed E-state index contributed by atoms with van der Waals surface area (Å²) < 4.78 is 65.0. The minimum atomic E-state index is -3.81. The van der Waals surface area contributed by atoms with Gasteiger partial charge < -0.3 is 10.6 Å². The Morgan fingerprint density at radius 2 is 1.75 bits per heavy atom. The molecule has 0 aliphatic heterocycles. The fourth-order valence-corrected chi connectivity index (χ4v) is 3.52. The maximum Gasteiger partial charge on any atom is 0.191 e. The number of nitrogens with one attached hydrogen (secondary N) is 2. The zero-order valence-electron chi connectivity index (χ0n) is 15.1. The summed E-state index contributed by atoms with van der Waals surface area (Å²) in [6, 6.07) is 8.22. The number of rotatable bonds is 7. The van der Waals surface area contributed by atoms with E-state index in [1.54, 1.807) is 6.92 Å². The van der Waals surface area contributed by atoms with Crippen molar-refractivity contribution >= 4 is 39.8 Å². The van der Waals surface area contributed by atoms with Crippen molar-refractivity contribution in [2.24, 2.45) is 4.99 Å². The number of hydrogen-bond acceptors (Lipinski definition) is 3. The second-order valence-electron chi connectivity index (χ2n) is 5.61. The molecule has 5 nitrogen and oxygen atoms in total. The van der Waals surface area contributed by atoms with Crippen LogP contribution in [0.3, 0.4) is 0 Å². The fraction of sp³-hybridized carbons (Fsp3) is 0.278. The number of guanidine groups is 1. The predicted molar refractivity (Wildman–Crippen MR) is 113 cm³/mol. The molecule has 0 aliphatic carbocycles. The van der Waals surface area contributed by atoms with E-state index in [9.17, 15) is 21.6 Å². The van der Waals surface area contributed by atoms with Crippen molar-refractivity contribution in [3.05, 3.63) is 65.5 Å². The lowest BCUT2D eigenvalue weighted by Gasteiger charge is -2.12. The molecular weight excluding hydrogens is 506 g/mol. The second kappa shape index (κ2) is 11.2. The van der Waals surface area contributed by atoms with E-state index in [4.69, 9.17) is 0 Å². The highest BCUT2D eigenvalue weighted by molar-refractivity contribution is 14.0. The van der Waals surface area contributed by atoms with Gasteiger partial charge in [-0.3, -0.25) is 0 Å². The number of aliphatic imine (C=N–C) groups is 1. The average molecular weight is 527 g/mol. The first-order valence-electron chi connectivity index (χ1n) is 8.27. The molecule has 0 aromatic heterocycles. The normalized spacial score (nSPS) is 11.6. The Balaban J connectivity index is 0.00000392. The molecule has 0 saturated heterocycles. The minimum absolute atomic E-state index is 0. The van der Waals surface area contributed by atoms with Crippen LogP contribution in [0.15, 0.2) is 52.4 Å². The molecule has 154 valence electrons. The van der Waals surface area contributed by atoms with E-state index in [0.717, 1.165) is 24.3 Å². The predicted octanol–water partition coefficient (Wildman–Crippen LogP) is 3.25. The Kier molecular flexibility index (Phi) is 9.73. The van der Waals surface area contributed by atoms with Crippen molar-refractivity contribution in [2.45, 2.75) is 18.4 Å². The van der Waals surface area contributed by atoms with Crippen molar-refractivity contribution in [1.82, 2.24) is 10.6 Å². The van der Waals surface area contributed by atoms with E-state index >= 15 is 0 Å². The van der Waals surface area contributed by atoms with E-state index in [0.29, 0.717) is 6.54 Å². The third kappa shape index (κ3) is 6.97. The lowest BCUT2D eigenvalue weighted by atomic mass is 10.2. The fourth-order valence-electron chi connectivity index (χ4n) is 2.28. The Labute approximate surface area is 179 Å². The van der Waals surface area contributed by atoms with Crippen molar-refractivity contribution in [1.29, 1.82) is 0 Å². The topological polar surface area (TPSA) is 70.6 Å². The molecule has 0 aliphatic rings. The molecule has 2 N–H and O–H groups in total. The Bertz CT molecular complexity index is 924. The molecule has 0 fully saturated rings. The second-order valence-corrected chi connectivity index (χ2v) is 7.68. The molecule has 0 atom stereocenters. The van der Waals surface area contributed by atoms with Crippen LogP contribution in [0.5, 0.6) is 0 Å². The summed E-state index contributed by atoms with van der Waals surface area (Å²) >= 11 is 0. The first-order valence-corrected chi connectivity index (χ1v) is 9.92. The van der Waals surface area contributed by atoms with Crippen molar-refractivity contribution in [2.75, 3.05) is 18.8 Å². The van der Waals surface area contributed by atoms with E-state index < -0.39 is 27.3 Å². The summed E-state index contributed by atoms with van der Waals surface area (Å²) in [5.74, 6) is -2.08. The van der Waals surface area contributed by atoms with E-state index in [2.05, 4.69) is 15.6 Å². The van der Waals surface area contributed by atoms with E-state index in [-0.39, 0.29) is 59.2 Å². The Morgan fingerprint density at radius 1 is 1.04 bits per heavy atom. The van der Waals surface area contributed by atoms with Crippen molar-refractivity contribution < 1.29 is 21.6 Å². The molecule has 0 amide bonds. The zero-order chi connectivity index (χ0) is 19.9. The van der Waals surface area contributed by atoms with Gasteiger partial charge in [0, 0.05) is 18.7 Å². The minimum Gasteiger partial charge on any atom is -0.357 e. The zero-order valence-corrected chi connectivity index (χ0v) is 18.2. The van der Waals surface area contributed by atoms with Gasteiger partial charge >= 0.3 is 0 Å². The molecular formula is C18H21F3IN3O2S. The number of benzene rings is 2. The first-order chi connectivity index (χ1) is 12.8. The number of nitrogens with zero attached hydrogens (tertiary/aromatic N) is 1. The lowest BCUT2D eigenvalue weighted by molar-refractivity contribution is 0.566. The molecule has 0 spiro atoms. The van der Waals surface area contributed by atoms with Gasteiger partial charge in [-0.25, -0.2) is 26.6 Å². The number of halogens is 4. The van der Waals surface area contributed by atoms with Gasteiger partial charge in [0.25, 0.3) is 0 Å². The molecule has 28 heavy (non-hydrogen) atoms. The van der Waals surface area contributed by atoms with Gasteiger partial charge in [-0.05, 0) is 37.3 Å². The summed E-state index contributed by atoms with van der Waals surface area (Å²) in [6.07, 6.45) is 0. The van der Waals surface area contributed by atoms with Crippen LogP contribution in [0, 0.1) is 17.5 Å². The third-order valence-corrected chi connectivity index (χ3v) is 5.34. The van der Waals surface area contributed by atoms with Crippen LogP contribution in [-0.2, 0) is 16.4 Å². The van der Waals surface area contributed by atoms with Crippen LogP contribution in [0.2, 0.25) is 0 Å². The molecule has 0 unspecified atom stereocenters. The maximum absolute atomic E-state index is 13.7. The molecule has 2 aromatic rings.